The van der Waals surface area contributed by atoms with Crippen LogP contribution in [-0.4, -0.2) is 5.11 Å². The molecule has 1 heteroatoms. The first-order valence-corrected chi connectivity index (χ1v) is 6.08. The molecule has 0 saturated carbocycles. The van der Waals surface area contributed by atoms with Gasteiger partial charge in [0.1, 0.15) is 0 Å². The van der Waals surface area contributed by atoms with E-state index >= 15 is 0 Å². The zero-order valence-corrected chi connectivity index (χ0v) is 10.1. The van der Waals surface area contributed by atoms with Gasteiger partial charge in [-0.2, -0.15) is 0 Å². The molecule has 0 radical (unpaired) electrons. The highest BCUT2D eigenvalue weighted by Crippen LogP contribution is 2.32. The molecular weight excluding hydrogens is 196 g/mol. The Bertz CT molecular complexity index is 372. The minimum absolute atomic E-state index is 0.302. The highest BCUT2D eigenvalue weighted by atomic mass is 16.3. The zero-order valence-electron chi connectivity index (χ0n) is 10.1. The lowest BCUT2D eigenvalue weighted by molar-refractivity contribution is 0.102. The van der Waals surface area contributed by atoms with Gasteiger partial charge in [0.15, 0.2) is 0 Å². The lowest BCUT2D eigenvalue weighted by Gasteiger charge is -2.24. The fraction of sp³-hybridized carbons (Fsp3) is 0.467. The van der Waals surface area contributed by atoms with E-state index in [1.165, 1.54) is 11.1 Å². The average Bonchev–Trinajstić information content (AvgIpc) is 2.28. The molecule has 86 valence electrons. The van der Waals surface area contributed by atoms with Gasteiger partial charge in [-0.15, -0.1) is 0 Å². The fourth-order valence-electron chi connectivity index (χ4n) is 2.56. The highest BCUT2D eigenvalue weighted by Gasteiger charge is 2.21. The predicted molar refractivity (Wildman–Crippen MR) is 67.4 cm³/mol. The Hall–Kier alpha value is -1.08. The van der Waals surface area contributed by atoms with Crippen molar-refractivity contribution in [2.45, 2.75) is 39.2 Å². The van der Waals surface area contributed by atoms with Crippen LogP contribution in [0.15, 0.2) is 30.4 Å². The molecule has 16 heavy (non-hydrogen) atoms. The Morgan fingerprint density at radius 1 is 1.12 bits per heavy atom. The number of allylic oxidation sites excluding steroid dienone is 2. The van der Waals surface area contributed by atoms with Gasteiger partial charge < -0.3 is 5.11 Å². The summed E-state index contributed by atoms with van der Waals surface area (Å²) >= 11 is 0. The second-order valence-corrected chi connectivity index (χ2v) is 4.91. The minimum atomic E-state index is -0.302. The zero-order chi connectivity index (χ0) is 11.5. The number of aryl methyl sites for hydroxylation is 2. The maximum atomic E-state index is 10.4. The molecule has 1 aliphatic rings. The van der Waals surface area contributed by atoms with Crippen molar-refractivity contribution in [3.05, 3.63) is 47.0 Å². The summed E-state index contributed by atoms with van der Waals surface area (Å²) in [5.74, 6) is 0.395. The molecular formula is C15H20O. The summed E-state index contributed by atoms with van der Waals surface area (Å²) in [6, 6.07) is 6.36. The van der Waals surface area contributed by atoms with Gasteiger partial charge in [-0.1, -0.05) is 41.5 Å². The van der Waals surface area contributed by atoms with Crippen LogP contribution in [0.1, 0.15) is 42.1 Å². The first-order chi connectivity index (χ1) is 7.66. The number of hydrogen-bond donors (Lipinski definition) is 1. The first-order valence-electron chi connectivity index (χ1n) is 6.08. The van der Waals surface area contributed by atoms with E-state index in [9.17, 15) is 5.11 Å². The van der Waals surface area contributed by atoms with Crippen LogP contribution in [0.3, 0.4) is 0 Å². The van der Waals surface area contributed by atoms with E-state index in [2.05, 4.69) is 44.2 Å². The topological polar surface area (TPSA) is 20.2 Å². The minimum Gasteiger partial charge on any atom is -0.388 e. The molecule has 0 heterocycles. The molecule has 1 N–H and O–H groups in total. The van der Waals surface area contributed by atoms with Gasteiger partial charge in [0.05, 0.1) is 6.10 Å². The summed E-state index contributed by atoms with van der Waals surface area (Å²) in [6.07, 6.45) is 7.32. The molecule has 1 aliphatic carbocycles. The lowest BCUT2D eigenvalue weighted by Crippen LogP contribution is -2.14. The summed E-state index contributed by atoms with van der Waals surface area (Å²) in [4.78, 5) is 0. The molecule has 1 aromatic carbocycles. The van der Waals surface area contributed by atoms with E-state index in [-0.39, 0.29) is 6.10 Å². The Labute approximate surface area is 97.8 Å². The molecule has 1 aromatic rings. The van der Waals surface area contributed by atoms with Crippen LogP contribution in [0.4, 0.5) is 0 Å². The highest BCUT2D eigenvalue weighted by molar-refractivity contribution is 5.30. The largest absolute Gasteiger partial charge is 0.388 e. The Kier molecular flexibility index (Phi) is 3.45. The summed E-state index contributed by atoms with van der Waals surface area (Å²) in [5.41, 5.74) is 3.55. The predicted octanol–water partition coefficient (Wildman–Crippen LogP) is 3.69. The summed E-state index contributed by atoms with van der Waals surface area (Å²) in [5, 5.41) is 10.4. The van der Waals surface area contributed by atoms with E-state index in [0.717, 1.165) is 24.8 Å². The molecule has 2 atom stereocenters. The number of rotatable bonds is 2. The van der Waals surface area contributed by atoms with Gasteiger partial charge in [-0.25, -0.2) is 0 Å². The van der Waals surface area contributed by atoms with Crippen molar-refractivity contribution in [3.63, 3.8) is 0 Å². The van der Waals surface area contributed by atoms with Crippen molar-refractivity contribution < 1.29 is 5.11 Å². The number of aliphatic hydroxyl groups is 1. The first kappa shape index (κ1) is 11.4. The van der Waals surface area contributed by atoms with Gasteiger partial charge in [0, 0.05) is 0 Å². The number of hydrogen-bond acceptors (Lipinski definition) is 1. The standard InChI is InChI=1S/C15H20O/c1-11-8-12(2)10-14(9-11)15(16)13-6-4-3-5-7-13/h3-4,8-10,13,15-16H,5-7H2,1-2H3. The molecule has 0 aromatic heterocycles. The van der Waals surface area contributed by atoms with E-state index in [1.54, 1.807) is 0 Å². The van der Waals surface area contributed by atoms with Crippen molar-refractivity contribution in [1.29, 1.82) is 0 Å². The van der Waals surface area contributed by atoms with E-state index in [0.29, 0.717) is 5.92 Å². The average molecular weight is 216 g/mol. The number of benzene rings is 1. The molecule has 0 bridgehead atoms. The van der Waals surface area contributed by atoms with Crippen molar-refractivity contribution in [2.75, 3.05) is 0 Å². The maximum absolute atomic E-state index is 10.4. The quantitative estimate of drug-likeness (QED) is 0.747. The van der Waals surface area contributed by atoms with Crippen LogP contribution in [-0.2, 0) is 0 Å². The SMILES string of the molecule is Cc1cc(C)cc(C(O)C2CC=CCC2)c1. The molecule has 0 amide bonds. The van der Waals surface area contributed by atoms with Crippen molar-refractivity contribution >= 4 is 0 Å². The van der Waals surface area contributed by atoms with Crippen LogP contribution >= 0.6 is 0 Å². The Morgan fingerprint density at radius 3 is 2.38 bits per heavy atom. The van der Waals surface area contributed by atoms with Crippen molar-refractivity contribution in [2.24, 2.45) is 5.92 Å². The third-order valence-corrected chi connectivity index (χ3v) is 3.34. The molecule has 0 aliphatic heterocycles. The second-order valence-electron chi connectivity index (χ2n) is 4.91. The molecule has 1 nitrogen and oxygen atoms in total. The molecule has 2 rings (SSSR count). The van der Waals surface area contributed by atoms with Crippen molar-refractivity contribution in [3.8, 4) is 0 Å². The Morgan fingerprint density at radius 2 is 1.81 bits per heavy atom. The molecule has 0 spiro atoms. The van der Waals surface area contributed by atoms with E-state index in [1.807, 2.05) is 0 Å². The summed E-state index contributed by atoms with van der Waals surface area (Å²) in [6.45, 7) is 4.17. The van der Waals surface area contributed by atoms with Crippen LogP contribution in [0.2, 0.25) is 0 Å². The summed E-state index contributed by atoms with van der Waals surface area (Å²) in [7, 11) is 0. The van der Waals surface area contributed by atoms with Gasteiger partial charge in [0.25, 0.3) is 0 Å². The summed E-state index contributed by atoms with van der Waals surface area (Å²) < 4.78 is 0. The van der Waals surface area contributed by atoms with Gasteiger partial charge in [-0.05, 0) is 44.6 Å². The van der Waals surface area contributed by atoms with Gasteiger partial charge in [0.2, 0.25) is 0 Å². The monoisotopic (exact) mass is 216 g/mol. The fourth-order valence-corrected chi connectivity index (χ4v) is 2.56. The smallest absolute Gasteiger partial charge is 0.0821 e. The second kappa shape index (κ2) is 4.84. The lowest BCUT2D eigenvalue weighted by atomic mass is 9.85. The van der Waals surface area contributed by atoms with Crippen LogP contribution in [0, 0.1) is 19.8 Å². The number of aliphatic hydroxyl groups excluding tert-OH is 1. The maximum Gasteiger partial charge on any atom is 0.0821 e. The Balaban J connectivity index is 2.19. The molecule has 0 fully saturated rings. The van der Waals surface area contributed by atoms with Gasteiger partial charge in [-0.3, -0.25) is 0 Å². The normalized spacial score (nSPS) is 22.1. The molecule has 2 unspecified atom stereocenters. The van der Waals surface area contributed by atoms with E-state index < -0.39 is 0 Å². The van der Waals surface area contributed by atoms with Crippen molar-refractivity contribution in [1.82, 2.24) is 0 Å². The third-order valence-electron chi connectivity index (χ3n) is 3.34. The molecule has 0 saturated heterocycles. The third kappa shape index (κ3) is 2.53. The van der Waals surface area contributed by atoms with E-state index in [4.69, 9.17) is 0 Å². The van der Waals surface area contributed by atoms with Crippen LogP contribution in [0.25, 0.3) is 0 Å². The van der Waals surface area contributed by atoms with Gasteiger partial charge >= 0.3 is 0 Å². The van der Waals surface area contributed by atoms with Crippen LogP contribution < -0.4 is 0 Å². The van der Waals surface area contributed by atoms with Crippen LogP contribution in [0.5, 0.6) is 0 Å².